The Morgan fingerprint density at radius 1 is 0.953 bits per heavy atom. The van der Waals surface area contributed by atoms with Crippen molar-refractivity contribution in [1.29, 1.82) is 0 Å². The molecule has 0 saturated carbocycles. The first-order valence-corrected chi connectivity index (χ1v) is 25.6. The van der Waals surface area contributed by atoms with Crippen LogP contribution in [0, 0.1) is 12.7 Å². The number of hydrogen-bond donors (Lipinski definition) is 0. The lowest BCUT2D eigenvalue weighted by atomic mass is 9.92. The van der Waals surface area contributed by atoms with Crippen molar-refractivity contribution in [2.75, 3.05) is 31.2 Å². The Labute approximate surface area is 390 Å². The zero-order chi connectivity index (χ0) is 46.3. The highest BCUT2D eigenvalue weighted by atomic mass is 79.9. The average Bonchev–Trinajstić information content (AvgIpc) is 3.64. The fraction of sp³-hybridized carbons (Fsp3) is 0.481. The second-order valence-corrected chi connectivity index (χ2v) is 24.5. The number of benzene rings is 3. The molecule has 3 heterocycles. The van der Waals surface area contributed by atoms with Crippen LogP contribution in [0.2, 0.25) is 5.04 Å². The molecule has 0 unspecified atom stereocenters. The van der Waals surface area contributed by atoms with E-state index in [1.807, 2.05) is 50.4 Å². The Balaban J connectivity index is 1.16. The number of nitrogens with zero attached hydrogens (tertiary/aromatic N) is 4. The third kappa shape index (κ3) is 11.8. The zero-order valence-corrected chi connectivity index (χ0v) is 42.1. The first-order valence-electron chi connectivity index (χ1n) is 22.9. The highest BCUT2D eigenvalue weighted by molar-refractivity contribution is 9.10. The number of esters is 1. The Morgan fingerprint density at radius 2 is 1.59 bits per heavy atom. The summed E-state index contributed by atoms with van der Waals surface area (Å²) in [5.41, 5.74) is 2.69. The second kappa shape index (κ2) is 21.0. The molecule has 0 spiro atoms. The molecule has 1 saturated heterocycles. The maximum Gasteiger partial charge on any atom is 0.340 e. The van der Waals surface area contributed by atoms with E-state index in [-0.39, 0.29) is 29.2 Å². The molecule has 2 aromatic heterocycles. The first-order chi connectivity index (χ1) is 30.3. The summed E-state index contributed by atoms with van der Waals surface area (Å²) in [6.45, 7) is 23.2. The van der Waals surface area contributed by atoms with E-state index in [9.17, 15) is 9.18 Å². The maximum atomic E-state index is 13.7. The van der Waals surface area contributed by atoms with Crippen molar-refractivity contribution >= 4 is 58.1 Å². The number of fused-ring (bicyclic) bond motifs is 1. The number of hydrogen-bond acceptors (Lipinski definition) is 8. The number of carbonyl (C=O) groups is 1. The van der Waals surface area contributed by atoms with Gasteiger partial charge >= 0.3 is 5.97 Å². The van der Waals surface area contributed by atoms with E-state index in [2.05, 4.69) is 116 Å². The van der Waals surface area contributed by atoms with Gasteiger partial charge in [0.2, 0.25) is 0 Å². The van der Waals surface area contributed by atoms with Crippen molar-refractivity contribution < 1.29 is 27.8 Å². The van der Waals surface area contributed by atoms with Gasteiger partial charge in [0.25, 0.3) is 8.32 Å². The molecule has 6 rings (SSSR count). The zero-order valence-electron chi connectivity index (χ0n) is 39.5. The standard InChI is InChI=1S/C52H68BrFN4O5Si/c1-11-60-49(59)47(62-50(4,5)6)46-38(3)55-45-36-41(23-20-22-39-28-29-40(54)35-44(39)53)56-58(45)48(46)57-32-30-52(10,31-33-57)61-34-19-18-21-37(2)63-64(51(7,8)9,42-24-14-12-15-25-42)43-26-16-13-17-27-43/h12-17,20,23-29,35-37,47H,11,18-19,21-22,30-34H2,1-10H3/t37-,47+/m1/s1. The van der Waals surface area contributed by atoms with Crippen LogP contribution < -0.4 is 15.3 Å². The Kier molecular flexibility index (Phi) is 16.1. The van der Waals surface area contributed by atoms with Crippen LogP contribution in [0.1, 0.15) is 123 Å². The van der Waals surface area contributed by atoms with Gasteiger partial charge in [-0.25, -0.2) is 14.2 Å². The molecule has 12 heteroatoms. The van der Waals surface area contributed by atoms with Crippen LogP contribution in [0.5, 0.6) is 0 Å². The van der Waals surface area contributed by atoms with E-state index in [1.165, 1.54) is 22.5 Å². The molecule has 0 amide bonds. The predicted molar refractivity (Wildman–Crippen MR) is 263 cm³/mol. The van der Waals surface area contributed by atoms with Gasteiger partial charge < -0.3 is 23.5 Å². The summed E-state index contributed by atoms with van der Waals surface area (Å²) in [6, 6.07) is 28.3. The van der Waals surface area contributed by atoms with Gasteiger partial charge in [-0.3, -0.25) is 0 Å². The van der Waals surface area contributed by atoms with Gasteiger partial charge in [-0.15, -0.1) is 0 Å². The minimum Gasteiger partial charge on any atom is -0.464 e. The molecular formula is C52H68BrFN4O5Si. The van der Waals surface area contributed by atoms with Crippen LogP contribution >= 0.6 is 15.9 Å². The molecule has 0 radical (unpaired) electrons. The van der Waals surface area contributed by atoms with Gasteiger partial charge in [0, 0.05) is 42.0 Å². The fourth-order valence-corrected chi connectivity index (χ4v) is 14.1. The van der Waals surface area contributed by atoms with E-state index >= 15 is 0 Å². The number of anilines is 1. The van der Waals surface area contributed by atoms with Gasteiger partial charge in [-0.2, -0.15) is 9.61 Å². The van der Waals surface area contributed by atoms with Crippen LogP contribution in [0.25, 0.3) is 11.7 Å². The molecule has 1 fully saturated rings. The number of aromatic nitrogens is 3. The quantitative estimate of drug-likeness (QED) is 0.0488. The largest absolute Gasteiger partial charge is 0.464 e. The minimum atomic E-state index is -2.63. The van der Waals surface area contributed by atoms with Crippen LogP contribution in [0.15, 0.2) is 95.5 Å². The van der Waals surface area contributed by atoms with E-state index in [0.29, 0.717) is 53.2 Å². The van der Waals surface area contributed by atoms with Crippen molar-refractivity contribution in [2.24, 2.45) is 0 Å². The molecule has 0 aliphatic carbocycles. The van der Waals surface area contributed by atoms with Crippen molar-refractivity contribution in [3.05, 3.63) is 124 Å². The lowest BCUT2D eigenvalue weighted by molar-refractivity contribution is -0.166. The maximum absolute atomic E-state index is 13.7. The van der Waals surface area contributed by atoms with Gasteiger partial charge in [-0.1, -0.05) is 110 Å². The molecule has 64 heavy (non-hydrogen) atoms. The molecular weight excluding hydrogens is 888 g/mol. The Hall–Kier alpha value is -4.20. The number of allylic oxidation sites excluding steroid dienone is 1. The monoisotopic (exact) mass is 954 g/mol. The highest BCUT2D eigenvalue weighted by Crippen LogP contribution is 2.40. The third-order valence-corrected chi connectivity index (χ3v) is 18.0. The fourth-order valence-electron chi connectivity index (χ4n) is 8.86. The van der Waals surface area contributed by atoms with Gasteiger partial charge in [0.1, 0.15) is 11.6 Å². The molecule has 2 atom stereocenters. The number of piperidine rings is 1. The lowest BCUT2D eigenvalue weighted by Gasteiger charge is -2.44. The number of ether oxygens (including phenoxy) is 3. The van der Waals surface area contributed by atoms with E-state index < -0.39 is 26.0 Å². The van der Waals surface area contributed by atoms with Crippen LogP contribution in [0.4, 0.5) is 10.2 Å². The smallest absolute Gasteiger partial charge is 0.340 e. The SMILES string of the molecule is CCOC(=O)[C@@H](OC(C)(C)C)c1c(C)nc2cc(C=CCc3ccc(F)cc3Br)nn2c1N1CCC(C)(OCCCC[C@@H](C)O[Si](c2ccccc2)(c2ccccc2)C(C)(C)C)CC1. The number of unbranched alkanes of at least 4 members (excludes halogenated alkanes) is 1. The average molecular weight is 956 g/mol. The summed E-state index contributed by atoms with van der Waals surface area (Å²) in [5, 5.41) is 7.57. The molecule has 5 aromatic rings. The van der Waals surface area contributed by atoms with Crippen LogP contribution in [-0.2, 0) is 29.9 Å². The summed E-state index contributed by atoms with van der Waals surface area (Å²) in [5.74, 6) is 0.0176. The lowest BCUT2D eigenvalue weighted by Crippen LogP contribution is -2.67. The van der Waals surface area contributed by atoms with Crippen molar-refractivity contribution in [3.63, 3.8) is 0 Å². The van der Waals surface area contributed by atoms with E-state index in [4.69, 9.17) is 28.7 Å². The molecule has 3 aromatic carbocycles. The molecule has 1 aliphatic heterocycles. The third-order valence-electron chi connectivity index (χ3n) is 12.1. The van der Waals surface area contributed by atoms with E-state index in [1.54, 1.807) is 13.0 Å². The number of rotatable bonds is 18. The number of halogens is 2. The number of aryl methyl sites for hydroxylation is 1. The molecule has 0 N–H and O–H groups in total. The number of carbonyl (C=O) groups excluding carboxylic acids is 1. The van der Waals surface area contributed by atoms with Gasteiger partial charge in [0.15, 0.2) is 11.8 Å². The summed E-state index contributed by atoms with van der Waals surface area (Å²) >= 11 is 3.48. The Bertz CT molecular complexity index is 2310. The van der Waals surface area contributed by atoms with Crippen molar-refractivity contribution in [3.8, 4) is 0 Å². The molecule has 344 valence electrons. The summed E-state index contributed by atoms with van der Waals surface area (Å²) in [7, 11) is -2.63. The minimum absolute atomic E-state index is 0.0713. The predicted octanol–water partition coefficient (Wildman–Crippen LogP) is 11.1. The van der Waals surface area contributed by atoms with Crippen LogP contribution in [-0.4, -0.2) is 72.5 Å². The van der Waals surface area contributed by atoms with Crippen molar-refractivity contribution in [2.45, 2.75) is 136 Å². The summed E-state index contributed by atoms with van der Waals surface area (Å²) in [4.78, 5) is 21.0. The van der Waals surface area contributed by atoms with E-state index in [0.717, 1.165) is 43.5 Å². The van der Waals surface area contributed by atoms with Gasteiger partial charge in [0.05, 0.1) is 29.1 Å². The molecule has 0 bridgehead atoms. The first kappa shape index (κ1) is 49.2. The van der Waals surface area contributed by atoms with Crippen molar-refractivity contribution in [1.82, 2.24) is 14.6 Å². The Morgan fingerprint density at radius 3 is 2.17 bits per heavy atom. The van der Waals surface area contributed by atoms with Crippen LogP contribution in [0.3, 0.4) is 0 Å². The topological polar surface area (TPSA) is 87.4 Å². The normalized spacial score (nSPS) is 15.8. The second-order valence-electron chi connectivity index (χ2n) is 19.4. The molecule has 9 nitrogen and oxygen atoms in total. The molecule has 1 aliphatic rings. The highest BCUT2D eigenvalue weighted by Gasteiger charge is 2.51. The summed E-state index contributed by atoms with van der Waals surface area (Å²) in [6.07, 6.45) is 8.06. The van der Waals surface area contributed by atoms with Gasteiger partial charge in [-0.05, 0) is 126 Å². The summed E-state index contributed by atoms with van der Waals surface area (Å²) < 4.78 is 42.5.